The summed E-state index contributed by atoms with van der Waals surface area (Å²) in [6.45, 7) is 4.41. The second-order valence-electron chi connectivity index (χ2n) is 2.78. The Bertz CT molecular complexity index is 294. The van der Waals surface area contributed by atoms with Crippen molar-refractivity contribution in [2.45, 2.75) is 6.92 Å². The smallest absolute Gasteiger partial charge is 0.138 e. The molecule has 1 rings (SSSR count). The first-order valence-electron chi connectivity index (χ1n) is 4.52. The van der Waals surface area contributed by atoms with E-state index in [2.05, 4.69) is 12.2 Å². The van der Waals surface area contributed by atoms with E-state index in [0.29, 0.717) is 22.4 Å². The first-order chi connectivity index (χ1) is 6.74. The third-order valence-electron chi connectivity index (χ3n) is 1.68. The molecule has 1 N–H and O–H groups in total. The van der Waals surface area contributed by atoms with Gasteiger partial charge in [-0.25, -0.2) is 0 Å². The average Bonchev–Trinajstić information content (AvgIpc) is 2.15. The molecule has 0 heterocycles. The second kappa shape index (κ2) is 8.05. The van der Waals surface area contributed by atoms with Crippen molar-refractivity contribution in [3.63, 3.8) is 0 Å². The molecule has 0 saturated heterocycles. The van der Waals surface area contributed by atoms with Gasteiger partial charge in [0.2, 0.25) is 0 Å². The monoisotopic (exact) mass is 269 g/mol. The summed E-state index contributed by atoms with van der Waals surface area (Å²) >= 11 is 11.7. The Morgan fingerprint density at radius 2 is 2.07 bits per heavy atom. The molecule has 0 aliphatic rings. The van der Waals surface area contributed by atoms with Crippen LogP contribution >= 0.6 is 35.6 Å². The van der Waals surface area contributed by atoms with Gasteiger partial charge in [0.05, 0.1) is 5.02 Å². The molecule has 0 amide bonds. The van der Waals surface area contributed by atoms with E-state index in [1.54, 1.807) is 18.2 Å². The lowest BCUT2D eigenvalue weighted by Crippen LogP contribution is -2.20. The zero-order valence-corrected chi connectivity index (χ0v) is 10.8. The summed E-state index contributed by atoms with van der Waals surface area (Å²) in [5.41, 5.74) is 0. The molecule has 86 valence electrons. The van der Waals surface area contributed by atoms with Crippen molar-refractivity contribution in [1.82, 2.24) is 5.32 Å². The molecule has 1 aromatic rings. The fourth-order valence-electron chi connectivity index (χ4n) is 1.00. The first kappa shape index (κ1) is 14.8. The molecular weight excluding hydrogens is 256 g/mol. The van der Waals surface area contributed by atoms with Crippen molar-refractivity contribution in [1.29, 1.82) is 0 Å². The third kappa shape index (κ3) is 5.47. The van der Waals surface area contributed by atoms with E-state index in [4.69, 9.17) is 27.9 Å². The maximum atomic E-state index is 5.91. The van der Waals surface area contributed by atoms with E-state index in [9.17, 15) is 0 Å². The van der Waals surface area contributed by atoms with Gasteiger partial charge >= 0.3 is 0 Å². The van der Waals surface area contributed by atoms with E-state index >= 15 is 0 Å². The Kier molecular flexibility index (Phi) is 7.97. The molecule has 2 nitrogen and oxygen atoms in total. The van der Waals surface area contributed by atoms with Crippen LogP contribution in [-0.4, -0.2) is 19.7 Å². The van der Waals surface area contributed by atoms with Gasteiger partial charge in [-0.2, -0.15) is 0 Å². The highest BCUT2D eigenvalue weighted by Crippen LogP contribution is 2.27. The predicted molar refractivity (Wildman–Crippen MR) is 67.7 cm³/mol. The molecule has 1 aromatic carbocycles. The average molecular weight is 271 g/mol. The van der Waals surface area contributed by atoms with Gasteiger partial charge in [0, 0.05) is 11.6 Å². The van der Waals surface area contributed by atoms with Crippen molar-refractivity contribution >= 4 is 35.6 Å². The van der Waals surface area contributed by atoms with Crippen LogP contribution in [0.15, 0.2) is 18.2 Å². The van der Waals surface area contributed by atoms with Crippen LogP contribution in [0.25, 0.3) is 0 Å². The minimum atomic E-state index is 0. The fourth-order valence-corrected chi connectivity index (χ4v) is 1.47. The summed E-state index contributed by atoms with van der Waals surface area (Å²) in [5.74, 6) is 0.675. The molecule has 5 heteroatoms. The molecule has 0 radical (unpaired) electrons. The molecule has 0 atom stereocenters. The molecule has 0 aliphatic heterocycles. The van der Waals surface area contributed by atoms with Crippen LogP contribution in [0.4, 0.5) is 0 Å². The summed E-state index contributed by atoms with van der Waals surface area (Å²) in [6.07, 6.45) is 0. The molecule has 15 heavy (non-hydrogen) atoms. The number of likely N-dealkylation sites (N-methyl/N-ethyl adjacent to an activating group) is 1. The van der Waals surface area contributed by atoms with E-state index < -0.39 is 0 Å². The maximum Gasteiger partial charge on any atom is 0.138 e. The Morgan fingerprint density at radius 3 is 2.67 bits per heavy atom. The van der Waals surface area contributed by atoms with Crippen molar-refractivity contribution < 1.29 is 4.74 Å². The zero-order chi connectivity index (χ0) is 10.4. The fraction of sp³-hybridized carbons (Fsp3) is 0.400. The Morgan fingerprint density at radius 1 is 1.33 bits per heavy atom. The van der Waals surface area contributed by atoms with Crippen LogP contribution in [0.1, 0.15) is 6.92 Å². The van der Waals surface area contributed by atoms with Gasteiger partial charge in [-0.3, -0.25) is 0 Å². The normalized spacial score (nSPS) is 9.53. The maximum absolute atomic E-state index is 5.91. The summed E-state index contributed by atoms with van der Waals surface area (Å²) < 4.78 is 5.44. The molecule has 0 saturated carbocycles. The topological polar surface area (TPSA) is 21.3 Å². The molecular formula is C10H14Cl3NO. The number of benzene rings is 1. The van der Waals surface area contributed by atoms with Crippen LogP contribution in [0.2, 0.25) is 10.0 Å². The van der Waals surface area contributed by atoms with Crippen LogP contribution in [0.5, 0.6) is 5.75 Å². The zero-order valence-electron chi connectivity index (χ0n) is 8.43. The van der Waals surface area contributed by atoms with Crippen molar-refractivity contribution in [3.8, 4) is 5.75 Å². The second-order valence-corrected chi connectivity index (χ2v) is 3.62. The largest absolute Gasteiger partial charge is 0.491 e. The van der Waals surface area contributed by atoms with Crippen molar-refractivity contribution in [2.24, 2.45) is 0 Å². The minimum absolute atomic E-state index is 0. The molecule has 0 spiro atoms. The Balaban J connectivity index is 0.00000196. The quantitative estimate of drug-likeness (QED) is 0.828. The summed E-state index contributed by atoms with van der Waals surface area (Å²) in [4.78, 5) is 0. The lowest BCUT2D eigenvalue weighted by atomic mass is 10.3. The summed E-state index contributed by atoms with van der Waals surface area (Å²) in [6, 6.07) is 5.21. The number of hydrogen-bond acceptors (Lipinski definition) is 2. The van der Waals surface area contributed by atoms with Gasteiger partial charge in [0.1, 0.15) is 12.4 Å². The molecule has 0 aliphatic carbocycles. The Labute approximate surface area is 106 Å². The highest BCUT2D eigenvalue weighted by molar-refractivity contribution is 6.35. The van der Waals surface area contributed by atoms with Crippen LogP contribution in [-0.2, 0) is 0 Å². The number of halogens is 3. The molecule has 0 unspecified atom stereocenters. The number of nitrogens with one attached hydrogen (secondary N) is 1. The van der Waals surface area contributed by atoms with E-state index in [0.717, 1.165) is 13.1 Å². The number of ether oxygens (including phenoxy) is 1. The van der Waals surface area contributed by atoms with Crippen LogP contribution in [0, 0.1) is 0 Å². The summed E-state index contributed by atoms with van der Waals surface area (Å²) in [7, 11) is 0. The van der Waals surface area contributed by atoms with Crippen LogP contribution in [0.3, 0.4) is 0 Å². The predicted octanol–water partition coefficient (Wildman–Crippen LogP) is 3.40. The first-order valence-corrected chi connectivity index (χ1v) is 5.28. The van der Waals surface area contributed by atoms with Gasteiger partial charge in [-0.05, 0) is 24.7 Å². The molecule has 0 bridgehead atoms. The number of hydrogen-bond donors (Lipinski definition) is 1. The van der Waals surface area contributed by atoms with Gasteiger partial charge in [-0.15, -0.1) is 12.4 Å². The van der Waals surface area contributed by atoms with Crippen molar-refractivity contribution in [2.75, 3.05) is 19.7 Å². The molecule has 0 aromatic heterocycles. The van der Waals surface area contributed by atoms with Gasteiger partial charge in [-0.1, -0.05) is 30.1 Å². The molecule has 0 fully saturated rings. The lowest BCUT2D eigenvalue weighted by molar-refractivity contribution is 0.315. The van der Waals surface area contributed by atoms with Crippen LogP contribution < -0.4 is 10.1 Å². The highest BCUT2D eigenvalue weighted by Gasteiger charge is 2.01. The SMILES string of the molecule is CCNCCOc1ccc(Cl)cc1Cl.Cl. The van der Waals surface area contributed by atoms with Gasteiger partial charge in [0.25, 0.3) is 0 Å². The van der Waals surface area contributed by atoms with E-state index in [1.807, 2.05) is 0 Å². The number of rotatable bonds is 5. The summed E-state index contributed by atoms with van der Waals surface area (Å²) in [5, 5.41) is 4.32. The van der Waals surface area contributed by atoms with Gasteiger partial charge < -0.3 is 10.1 Å². The Hall–Kier alpha value is -0.150. The van der Waals surface area contributed by atoms with E-state index in [1.165, 1.54) is 0 Å². The minimum Gasteiger partial charge on any atom is -0.491 e. The third-order valence-corrected chi connectivity index (χ3v) is 2.21. The standard InChI is InChI=1S/C10H13Cl2NO.ClH/c1-2-13-5-6-14-10-4-3-8(11)7-9(10)12;/h3-4,7,13H,2,5-6H2,1H3;1H. The lowest BCUT2D eigenvalue weighted by Gasteiger charge is -2.08. The van der Waals surface area contributed by atoms with E-state index in [-0.39, 0.29) is 12.4 Å². The highest BCUT2D eigenvalue weighted by atomic mass is 35.5. The van der Waals surface area contributed by atoms with Gasteiger partial charge in [0.15, 0.2) is 0 Å². The van der Waals surface area contributed by atoms with Crippen molar-refractivity contribution in [3.05, 3.63) is 28.2 Å².